The molecular formula is C24H43NO11Si. The minimum absolute atomic E-state index is 0.0669. The summed E-state index contributed by atoms with van der Waals surface area (Å²) < 4.78 is 55.3. The predicted molar refractivity (Wildman–Crippen MR) is 135 cm³/mol. The molecule has 0 aliphatic heterocycles. The Balaban J connectivity index is 2.69. The van der Waals surface area contributed by atoms with Gasteiger partial charge in [0.1, 0.15) is 0 Å². The minimum atomic E-state index is -3.29. The third kappa shape index (κ3) is 18.4. The van der Waals surface area contributed by atoms with Crippen molar-refractivity contribution < 1.29 is 51.2 Å². The van der Waals surface area contributed by atoms with Gasteiger partial charge in [0.2, 0.25) is 0 Å². The quantitative estimate of drug-likeness (QED) is 0.0936. The zero-order valence-corrected chi connectivity index (χ0v) is 23.4. The Morgan fingerprint density at radius 3 is 1.59 bits per heavy atom. The maximum Gasteiger partial charge on any atom is 0.504 e. The largest absolute Gasteiger partial charge is 0.504 e. The van der Waals surface area contributed by atoms with Gasteiger partial charge in [-0.25, -0.2) is 0 Å². The first-order valence-corrected chi connectivity index (χ1v) is 14.3. The van der Waals surface area contributed by atoms with Crippen molar-refractivity contribution in [3.05, 3.63) is 30.1 Å². The highest BCUT2D eigenvalue weighted by atomic mass is 28.4. The Labute approximate surface area is 221 Å². The van der Waals surface area contributed by atoms with E-state index in [1.807, 2.05) is 6.07 Å². The van der Waals surface area contributed by atoms with Crippen LogP contribution in [0.5, 0.6) is 0 Å². The normalized spacial score (nSPS) is 11.6. The molecule has 1 aromatic heterocycles. The molecule has 1 heterocycles. The molecule has 0 aliphatic carbocycles. The molecule has 214 valence electrons. The maximum absolute atomic E-state index is 12.3. The molecule has 0 atom stereocenters. The first kappa shape index (κ1) is 33.5. The first-order chi connectivity index (χ1) is 18.2. The van der Waals surface area contributed by atoms with E-state index in [4.69, 9.17) is 46.4 Å². The number of esters is 1. The summed E-state index contributed by atoms with van der Waals surface area (Å²) in [6, 6.07) is 5.64. The average Bonchev–Trinajstić information content (AvgIpc) is 2.90. The lowest BCUT2D eigenvalue weighted by atomic mass is 10.3. The van der Waals surface area contributed by atoms with Crippen molar-refractivity contribution in [2.45, 2.75) is 12.5 Å². The zero-order chi connectivity index (χ0) is 26.9. The number of methoxy groups -OCH3 is 3. The van der Waals surface area contributed by atoms with E-state index in [0.29, 0.717) is 65.2 Å². The van der Waals surface area contributed by atoms with Crippen LogP contribution in [0.25, 0.3) is 0 Å². The van der Waals surface area contributed by atoms with Gasteiger partial charge >= 0.3 is 14.8 Å². The SMILES string of the molecule is COCCOCCO[Si](CCOC(=O)Cc1ccccn1)(OCCOCCOC)OCCOCCOC. The van der Waals surface area contributed by atoms with E-state index in [-0.39, 0.29) is 38.9 Å². The van der Waals surface area contributed by atoms with Crippen LogP contribution in [-0.2, 0) is 57.7 Å². The van der Waals surface area contributed by atoms with Crippen LogP contribution in [0, 0.1) is 0 Å². The Morgan fingerprint density at radius 2 is 1.16 bits per heavy atom. The molecule has 13 heteroatoms. The number of aromatic nitrogens is 1. The number of hydrogen-bond donors (Lipinski definition) is 0. The van der Waals surface area contributed by atoms with E-state index in [9.17, 15) is 4.79 Å². The lowest BCUT2D eigenvalue weighted by Gasteiger charge is -2.29. The molecule has 0 saturated heterocycles. The van der Waals surface area contributed by atoms with Gasteiger partial charge in [-0.15, -0.1) is 0 Å². The highest BCUT2D eigenvalue weighted by molar-refractivity contribution is 6.60. The van der Waals surface area contributed by atoms with Gasteiger partial charge in [0, 0.05) is 27.5 Å². The van der Waals surface area contributed by atoms with Crippen LogP contribution < -0.4 is 0 Å². The van der Waals surface area contributed by atoms with Gasteiger partial charge in [0.25, 0.3) is 0 Å². The van der Waals surface area contributed by atoms with Gasteiger partial charge in [-0.1, -0.05) is 6.07 Å². The molecule has 1 aromatic rings. The highest BCUT2D eigenvalue weighted by Crippen LogP contribution is 2.17. The summed E-state index contributed by atoms with van der Waals surface area (Å²) in [7, 11) is 1.54. The smallest absolute Gasteiger partial charge is 0.465 e. The van der Waals surface area contributed by atoms with Crippen molar-refractivity contribution in [3.8, 4) is 0 Å². The van der Waals surface area contributed by atoms with Crippen molar-refractivity contribution in [1.82, 2.24) is 4.98 Å². The van der Waals surface area contributed by atoms with Crippen LogP contribution in [0.3, 0.4) is 0 Å². The summed E-state index contributed by atoms with van der Waals surface area (Å²) in [5.41, 5.74) is 0.634. The fourth-order valence-electron chi connectivity index (χ4n) is 2.83. The fourth-order valence-corrected chi connectivity index (χ4v) is 5.05. The summed E-state index contributed by atoms with van der Waals surface area (Å²) in [5, 5.41) is 0. The van der Waals surface area contributed by atoms with Crippen LogP contribution in [0.1, 0.15) is 5.69 Å². The lowest BCUT2D eigenvalue weighted by Crippen LogP contribution is -2.49. The molecule has 0 aromatic carbocycles. The number of pyridine rings is 1. The summed E-state index contributed by atoms with van der Waals surface area (Å²) in [4.78, 5) is 16.5. The third-order valence-electron chi connectivity index (χ3n) is 4.67. The van der Waals surface area contributed by atoms with E-state index < -0.39 is 14.8 Å². The third-order valence-corrected chi connectivity index (χ3v) is 7.42. The van der Waals surface area contributed by atoms with Crippen molar-refractivity contribution in [2.75, 3.05) is 107 Å². The average molecular weight is 550 g/mol. The maximum atomic E-state index is 12.3. The number of carbonyl (C=O) groups excluding carboxylic acids is 1. The summed E-state index contributed by atoms with van der Waals surface area (Å²) in [5.74, 6) is -0.393. The number of nitrogens with zero attached hydrogens (tertiary/aromatic N) is 1. The number of carbonyl (C=O) groups is 1. The van der Waals surface area contributed by atoms with E-state index in [0.717, 1.165) is 0 Å². The van der Waals surface area contributed by atoms with Crippen LogP contribution >= 0.6 is 0 Å². The molecule has 0 amide bonds. The van der Waals surface area contributed by atoms with Crippen molar-refractivity contribution in [1.29, 1.82) is 0 Å². The van der Waals surface area contributed by atoms with Crippen molar-refractivity contribution >= 4 is 14.8 Å². The number of ether oxygens (including phenoxy) is 7. The molecule has 0 radical (unpaired) electrons. The van der Waals surface area contributed by atoms with Gasteiger partial charge in [-0.05, 0) is 12.1 Å². The van der Waals surface area contributed by atoms with Gasteiger partial charge in [-0.3, -0.25) is 9.78 Å². The predicted octanol–water partition coefficient (Wildman–Crippen LogP) is 1.15. The van der Waals surface area contributed by atoms with Gasteiger partial charge in [0.05, 0.1) is 104 Å². The van der Waals surface area contributed by atoms with E-state index in [1.165, 1.54) is 0 Å². The number of hydrogen-bond acceptors (Lipinski definition) is 12. The summed E-state index contributed by atoms with van der Waals surface area (Å²) in [6.07, 6.45) is 1.71. The molecule has 0 spiro atoms. The zero-order valence-electron chi connectivity index (χ0n) is 22.4. The highest BCUT2D eigenvalue weighted by Gasteiger charge is 2.41. The molecule has 0 fully saturated rings. The Kier molecular flexibility index (Phi) is 21.4. The van der Waals surface area contributed by atoms with Crippen molar-refractivity contribution in [3.63, 3.8) is 0 Å². The topological polar surface area (TPSA) is 122 Å². The second-order valence-electron chi connectivity index (χ2n) is 7.51. The van der Waals surface area contributed by atoms with Crippen LogP contribution in [0.2, 0.25) is 6.04 Å². The fraction of sp³-hybridized carbons (Fsp3) is 0.750. The monoisotopic (exact) mass is 549 g/mol. The van der Waals surface area contributed by atoms with E-state index in [2.05, 4.69) is 4.98 Å². The molecular weight excluding hydrogens is 506 g/mol. The van der Waals surface area contributed by atoms with Gasteiger partial charge < -0.3 is 46.4 Å². The summed E-state index contributed by atoms with van der Waals surface area (Å²) >= 11 is 0. The molecule has 0 N–H and O–H groups in total. The first-order valence-electron chi connectivity index (χ1n) is 12.3. The van der Waals surface area contributed by atoms with Gasteiger partial charge in [-0.2, -0.15) is 0 Å². The van der Waals surface area contributed by atoms with Gasteiger partial charge in [0.15, 0.2) is 0 Å². The molecule has 0 saturated carbocycles. The Morgan fingerprint density at radius 1 is 0.676 bits per heavy atom. The molecule has 0 unspecified atom stereocenters. The molecule has 0 aliphatic rings. The second-order valence-corrected chi connectivity index (χ2v) is 10.2. The standard InChI is InChI=1S/C24H43NO11Si/c1-27-8-11-30-14-17-34-37(35-18-15-31-12-9-28-2,36-19-16-32-13-10-29-3)21-20-33-24(26)22-23-6-4-5-7-25-23/h4-7H,8-22H2,1-3H3. The molecule has 12 nitrogen and oxygen atoms in total. The van der Waals surface area contributed by atoms with E-state index >= 15 is 0 Å². The Hall–Kier alpha value is -1.52. The van der Waals surface area contributed by atoms with Crippen LogP contribution in [-0.4, -0.2) is 127 Å². The summed E-state index contributed by atoms with van der Waals surface area (Å²) in [6.45, 7) is 4.59. The molecule has 37 heavy (non-hydrogen) atoms. The lowest BCUT2D eigenvalue weighted by molar-refractivity contribution is -0.142. The number of rotatable bonds is 26. The Bertz CT molecular complexity index is 616. The van der Waals surface area contributed by atoms with E-state index in [1.54, 1.807) is 39.7 Å². The van der Waals surface area contributed by atoms with Crippen molar-refractivity contribution in [2.24, 2.45) is 0 Å². The van der Waals surface area contributed by atoms with Crippen LogP contribution in [0.15, 0.2) is 24.4 Å². The van der Waals surface area contributed by atoms with Crippen LogP contribution in [0.4, 0.5) is 0 Å². The second kappa shape index (κ2) is 23.6. The minimum Gasteiger partial charge on any atom is -0.465 e. The molecule has 1 rings (SSSR count). The molecule has 0 bridgehead atoms.